The number of amides is 1. The van der Waals surface area contributed by atoms with Crippen molar-refractivity contribution in [1.82, 2.24) is 5.32 Å². The Hall–Kier alpha value is -1.35. The molecular weight excluding hydrogens is 236 g/mol. The lowest BCUT2D eigenvalue weighted by molar-refractivity contribution is -0.116. The Morgan fingerprint density at radius 1 is 1.21 bits per heavy atom. The van der Waals surface area contributed by atoms with Gasteiger partial charge in [0.25, 0.3) is 0 Å². The van der Waals surface area contributed by atoms with Crippen molar-refractivity contribution in [3.63, 3.8) is 0 Å². The molecule has 1 amide bonds. The number of carbonyl (C=O) groups is 1. The molecule has 0 spiro atoms. The van der Waals surface area contributed by atoms with Crippen LogP contribution in [-0.4, -0.2) is 18.5 Å². The van der Waals surface area contributed by atoms with Crippen LogP contribution in [0.5, 0.6) is 0 Å². The van der Waals surface area contributed by atoms with E-state index in [1.54, 1.807) is 0 Å². The van der Waals surface area contributed by atoms with E-state index in [4.69, 9.17) is 0 Å². The topological polar surface area (TPSA) is 41.1 Å². The Morgan fingerprint density at radius 2 is 1.95 bits per heavy atom. The molecule has 0 aromatic heterocycles. The van der Waals surface area contributed by atoms with Crippen LogP contribution in [0.2, 0.25) is 0 Å². The summed E-state index contributed by atoms with van der Waals surface area (Å²) in [5.74, 6) is 0.568. The predicted octanol–water partition coefficient (Wildman–Crippen LogP) is 3.53. The second-order valence-corrected chi connectivity index (χ2v) is 5.54. The average Bonchev–Trinajstić information content (AvgIpc) is 2.34. The predicted molar refractivity (Wildman–Crippen MR) is 81.5 cm³/mol. The highest BCUT2D eigenvalue weighted by molar-refractivity contribution is 5.90. The highest BCUT2D eigenvalue weighted by Gasteiger charge is 2.04. The third-order valence-corrected chi connectivity index (χ3v) is 2.97. The van der Waals surface area contributed by atoms with Crippen LogP contribution in [0.1, 0.15) is 52.0 Å². The van der Waals surface area contributed by atoms with Gasteiger partial charge in [-0.15, -0.1) is 0 Å². The van der Waals surface area contributed by atoms with Crippen LogP contribution in [0.3, 0.4) is 0 Å². The fraction of sp³-hybridized carbons (Fsp3) is 0.562. The highest BCUT2D eigenvalue weighted by atomic mass is 16.1. The van der Waals surface area contributed by atoms with E-state index in [1.807, 2.05) is 12.1 Å². The normalized spacial score (nSPS) is 11.1. The average molecular weight is 262 g/mol. The Balaban J connectivity index is 2.37. The van der Waals surface area contributed by atoms with Crippen LogP contribution < -0.4 is 10.6 Å². The van der Waals surface area contributed by atoms with Crippen molar-refractivity contribution in [2.45, 2.75) is 52.5 Å². The first-order valence-corrected chi connectivity index (χ1v) is 7.12. The SMILES string of the molecule is CC(C)NCCCC(=O)Nc1cccc(C(C)C)c1. The fourth-order valence-corrected chi connectivity index (χ4v) is 1.84. The molecule has 0 unspecified atom stereocenters. The zero-order valence-corrected chi connectivity index (χ0v) is 12.5. The molecule has 19 heavy (non-hydrogen) atoms. The van der Waals surface area contributed by atoms with E-state index in [9.17, 15) is 4.79 Å². The summed E-state index contributed by atoms with van der Waals surface area (Å²) in [5.41, 5.74) is 2.15. The van der Waals surface area contributed by atoms with Crippen molar-refractivity contribution in [1.29, 1.82) is 0 Å². The Bertz CT molecular complexity index is 399. The molecule has 1 rings (SSSR count). The Morgan fingerprint density at radius 3 is 2.58 bits per heavy atom. The molecular formula is C16H26N2O. The minimum Gasteiger partial charge on any atom is -0.326 e. The standard InChI is InChI=1S/C16H26N2O/c1-12(2)14-7-5-8-15(11-14)18-16(19)9-6-10-17-13(3)4/h5,7-8,11-13,17H,6,9-10H2,1-4H3,(H,18,19). The maximum Gasteiger partial charge on any atom is 0.224 e. The minimum atomic E-state index is 0.0893. The summed E-state index contributed by atoms with van der Waals surface area (Å²) in [4.78, 5) is 11.8. The lowest BCUT2D eigenvalue weighted by atomic mass is 10.0. The number of nitrogens with one attached hydrogen (secondary N) is 2. The third-order valence-electron chi connectivity index (χ3n) is 2.97. The number of carbonyl (C=O) groups excluding carboxylic acids is 1. The summed E-state index contributed by atoms with van der Waals surface area (Å²) in [5, 5.41) is 6.27. The summed E-state index contributed by atoms with van der Waals surface area (Å²) < 4.78 is 0. The molecule has 0 saturated heterocycles. The van der Waals surface area contributed by atoms with E-state index in [-0.39, 0.29) is 5.91 Å². The second kappa shape index (κ2) is 7.95. The van der Waals surface area contributed by atoms with Gasteiger partial charge in [-0.25, -0.2) is 0 Å². The van der Waals surface area contributed by atoms with Crippen LogP contribution in [0.4, 0.5) is 5.69 Å². The first-order chi connectivity index (χ1) is 8.99. The molecule has 0 atom stereocenters. The molecule has 1 aromatic carbocycles. The third kappa shape index (κ3) is 6.39. The number of benzene rings is 1. The number of anilines is 1. The van der Waals surface area contributed by atoms with Gasteiger partial charge in [0.2, 0.25) is 5.91 Å². The Labute approximate surface area is 116 Å². The zero-order chi connectivity index (χ0) is 14.3. The van der Waals surface area contributed by atoms with Crippen LogP contribution >= 0.6 is 0 Å². The monoisotopic (exact) mass is 262 g/mol. The quantitative estimate of drug-likeness (QED) is 0.738. The summed E-state index contributed by atoms with van der Waals surface area (Å²) >= 11 is 0. The molecule has 2 N–H and O–H groups in total. The van der Waals surface area contributed by atoms with Crippen LogP contribution in [0.15, 0.2) is 24.3 Å². The van der Waals surface area contributed by atoms with Crippen molar-refractivity contribution >= 4 is 11.6 Å². The van der Waals surface area contributed by atoms with E-state index in [1.165, 1.54) is 5.56 Å². The molecule has 1 aromatic rings. The lowest BCUT2D eigenvalue weighted by Gasteiger charge is -2.10. The first-order valence-electron chi connectivity index (χ1n) is 7.12. The second-order valence-electron chi connectivity index (χ2n) is 5.54. The van der Waals surface area contributed by atoms with Gasteiger partial charge in [0.1, 0.15) is 0 Å². The van der Waals surface area contributed by atoms with Crippen LogP contribution in [-0.2, 0) is 4.79 Å². The Kier molecular flexibility index (Phi) is 6.57. The van der Waals surface area contributed by atoms with Gasteiger partial charge in [-0.1, -0.05) is 39.8 Å². The van der Waals surface area contributed by atoms with E-state index in [0.717, 1.165) is 18.7 Å². The maximum atomic E-state index is 11.8. The zero-order valence-electron chi connectivity index (χ0n) is 12.5. The largest absolute Gasteiger partial charge is 0.326 e. The van der Waals surface area contributed by atoms with E-state index >= 15 is 0 Å². The van der Waals surface area contributed by atoms with Crippen molar-refractivity contribution in [3.8, 4) is 0 Å². The van der Waals surface area contributed by atoms with E-state index in [2.05, 4.69) is 50.5 Å². The summed E-state index contributed by atoms with van der Waals surface area (Å²) in [6.45, 7) is 9.41. The summed E-state index contributed by atoms with van der Waals surface area (Å²) in [6.07, 6.45) is 1.43. The van der Waals surface area contributed by atoms with Gasteiger partial charge in [-0.05, 0) is 36.6 Å². The molecule has 3 nitrogen and oxygen atoms in total. The molecule has 0 aliphatic carbocycles. The van der Waals surface area contributed by atoms with Crippen LogP contribution in [0.25, 0.3) is 0 Å². The molecule has 0 radical (unpaired) electrons. The van der Waals surface area contributed by atoms with Crippen LogP contribution in [0, 0.1) is 0 Å². The van der Waals surface area contributed by atoms with Gasteiger partial charge in [0.05, 0.1) is 0 Å². The van der Waals surface area contributed by atoms with Crippen molar-refractivity contribution < 1.29 is 4.79 Å². The van der Waals surface area contributed by atoms with Gasteiger partial charge in [0.15, 0.2) is 0 Å². The molecule has 3 heteroatoms. The summed E-state index contributed by atoms with van der Waals surface area (Å²) in [6, 6.07) is 8.55. The summed E-state index contributed by atoms with van der Waals surface area (Å²) in [7, 11) is 0. The van der Waals surface area contributed by atoms with Gasteiger partial charge in [-0.2, -0.15) is 0 Å². The van der Waals surface area contributed by atoms with Crippen molar-refractivity contribution in [2.75, 3.05) is 11.9 Å². The van der Waals surface area contributed by atoms with Gasteiger partial charge < -0.3 is 10.6 Å². The molecule has 0 heterocycles. The van der Waals surface area contributed by atoms with Gasteiger partial charge in [-0.3, -0.25) is 4.79 Å². The fourth-order valence-electron chi connectivity index (χ4n) is 1.84. The molecule has 0 aliphatic rings. The van der Waals surface area contributed by atoms with Crippen molar-refractivity contribution in [2.24, 2.45) is 0 Å². The number of hydrogen-bond acceptors (Lipinski definition) is 2. The van der Waals surface area contributed by atoms with Crippen molar-refractivity contribution in [3.05, 3.63) is 29.8 Å². The molecule has 0 aliphatic heterocycles. The maximum absolute atomic E-state index is 11.8. The number of hydrogen-bond donors (Lipinski definition) is 2. The highest BCUT2D eigenvalue weighted by Crippen LogP contribution is 2.18. The number of rotatable bonds is 7. The van der Waals surface area contributed by atoms with Gasteiger partial charge in [0, 0.05) is 18.2 Å². The first kappa shape index (κ1) is 15.7. The van der Waals surface area contributed by atoms with E-state index < -0.39 is 0 Å². The molecule has 0 bridgehead atoms. The minimum absolute atomic E-state index is 0.0893. The smallest absolute Gasteiger partial charge is 0.224 e. The lowest BCUT2D eigenvalue weighted by Crippen LogP contribution is -2.24. The molecule has 106 valence electrons. The van der Waals surface area contributed by atoms with Gasteiger partial charge >= 0.3 is 0 Å². The van der Waals surface area contributed by atoms with E-state index in [0.29, 0.717) is 18.4 Å². The molecule has 0 saturated carbocycles. The molecule has 0 fully saturated rings.